The number of halogens is 3. The van der Waals surface area contributed by atoms with Gasteiger partial charge in [0.2, 0.25) is 5.95 Å². The number of rotatable bonds is 3. The van der Waals surface area contributed by atoms with E-state index in [0.29, 0.717) is 16.7 Å². The van der Waals surface area contributed by atoms with Crippen molar-refractivity contribution in [2.45, 2.75) is 6.36 Å². The van der Waals surface area contributed by atoms with Crippen molar-refractivity contribution >= 4 is 11.8 Å². The first kappa shape index (κ1) is 16.5. The van der Waals surface area contributed by atoms with E-state index in [9.17, 15) is 13.2 Å². The number of hydrogen-bond acceptors (Lipinski definition) is 6. The van der Waals surface area contributed by atoms with E-state index >= 15 is 0 Å². The molecule has 0 radical (unpaired) electrons. The van der Waals surface area contributed by atoms with Crippen LogP contribution in [0.3, 0.4) is 0 Å². The van der Waals surface area contributed by atoms with Crippen molar-refractivity contribution in [2.75, 3.05) is 11.5 Å². The van der Waals surface area contributed by atoms with E-state index in [-0.39, 0.29) is 23.2 Å². The molecule has 0 atom stereocenters. The summed E-state index contributed by atoms with van der Waals surface area (Å²) in [5.41, 5.74) is 13.3. The Labute approximate surface area is 140 Å². The number of hydrogen-bond donors (Lipinski definition) is 2. The minimum absolute atomic E-state index is 0.0950. The number of anilines is 2. The van der Waals surface area contributed by atoms with Gasteiger partial charge >= 0.3 is 6.36 Å². The van der Waals surface area contributed by atoms with Gasteiger partial charge in [0.15, 0.2) is 0 Å². The maximum absolute atomic E-state index is 12.5. The third kappa shape index (κ3) is 3.77. The van der Waals surface area contributed by atoms with Crippen molar-refractivity contribution in [1.82, 2.24) is 15.0 Å². The zero-order chi connectivity index (χ0) is 18.0. The second-order valence-corrected chi connectivity index (χ2v) is 5.01. The number of nitrogens with two attached hydrogens (primary N) is 2. The van der Waals surface area contributed by atoms with Crippen molar-refractivity contribution < 1.29 is 17.9 Å². The molecule has 0 saturated carbocycles. The van der Waals surface area contributed by atoms with Gasteiger partial charge in [0.1, 0.15) is 11.6 Å². The number of nitrogen functional groups attached to an aromatic ring is 2. The molecule has 0 saturated heterocycles. The smallest absolute Gasteiger partial charge is 0.406 e. The van der Waals surface area contributed by atoms with E-state index in [1.807, 2.05) is 0 Å². The first-order valence-electron chi connectivity index (χ1n) is 7.03. The molecule has 3 rings (SSSR count). The summed E-state index contributed by atoms with van der Waals surface area (Å²) in [6.07, 6.45) is -1.67. The summed E-state index contributed by atoms with van der Waals surface area (Å²) < 4.78 is 41.3. The Bertz CT molecular complexity index is 900. The van der Waals surface area contributed by atoms with Gasteiger partial charge in [0.25, 0.3) is 0 Å². The van der Waals surface area contributed by atoms with Gasteiger partial charge in [0.05, 0.1) is 11.3 Å². The number of nitrogens with zero attached hydrogens (tertiary/aromatic N) is 3. The quantitative estimate of drug-likeness (QED) is 0.754. The topological polar surface area (TPSA) is 99.9 Å². The predicted octanol–water partition coefficient (Wildman–Crippen LogP) is 3.27. The molecule has 9 heteroatoms. The summed E-state index contributed by atoms with van der Waals surface area (Å²) in [5.74, 6) is -0.377. The minimum atomic E-state index is -4.80. The van der Waals surface area contributed by atoms with Crippen LogP contribution in [0.15, 0.2) is 48.8 Å². The maximum atomic E-state index is 12.5. The Morgan fingerprint density at radius 1 is 0.960 bits per heavy atom. The summed E-state index contributed by atoms with van der Waals surface area (Å²) in [7, 11) is 0. The standard InChI is InChI=1S/C16H12F3N5O/c17-16(18,19)25-11-5-1-3-9(7-11)13-12(10-4-2-6-22-8-10)14(20)24-15(21)23-13/h1-8H,(H4,20,21,23,24). The molecule has 0 aliphatic carbocycles. The molecule has 1 aromatic carbocycles. The Morgan fingerprint density at radius 2 is 1.72 bits per heavy atom. The normalized spacial score (nSPS) is 11.3. The first-order chi connectivity index (χ1) is 11.8. The summed E-state index contributed by atoms with van der Waals surface area (Å²) >= 11 is 0. The van der Waals surface area contributed by atoms with Crippen LogP contribution in [-0.4, -0.2) is 21.3 Å². The molecule has 0 amide bonds. The lowest BCUT2D eigenvalue weighted by Crippen LogP contribution is -2.17. The van der Waals surface area contributed by atoms with E-state index in [1.165, 1.54) is 18.2 Å². The van der Waals surface area contributed by atoms with Gasteiger partial charge in [-0.05, 0) is 18.2 Å². The summed E-state index contributed by atoms with van der Waals surface area (Å²) in [4.78, 5) is 12.1. The predicted molar refractivity (Wildman–Crippen MR) is 86.2 cm³/mol. The molecule has 25 heavy (non-hydrogen) atoms. The average Bonchev–Trinajstić information content (AvgIpc) is 2.53. The molecule has 2 heterocycles. The highest BCUT2D eigenvalue weighted by molar-refractivity contribution is 5.88. The third-order valence-electron chi connectivity index (χ3n) is 3.25. The molecule has 0 unspecified atom stereocenters. The van der Waals surface area contributed by atoms with Gasteiger partial charge in [-0.25, -0.2) is 4.98 Å². The number of ether oxygens (including phenoxy) is 1. The highest BCUT2D eigenvalue weighted by Gasteiger charge is 2.31. The Balaban J connectivity index is 2.16. The van der Waals surface area contributed by atoms with Crippen molar-refractivity contribution in [3.63, 3.8) is 0 Å². The highest BCUT2D eigenvalue weighted by Crippen LogP contribution is 2.36. The van der Waals surface area contributed by atoms with Crippen LogP contribution in [0.1, 0.15) is 0 Å². The van der Waals surface area contributed by atoms with E-state index in [2.05, 4.69) is 19.7 Å². The molecule has 2 aromatic heterocycles. The van der Waals surface area contributed by atoms with Gasteiger partial charge in [-0.1, -0.05) is 18.2 Å². The summed E-state index contributed by atoms with van der Waals surface area (Å²) in [6, 6.07) is 8.81. The third-order valence-corrected chi connectivity index (χ3v) is 3.25. The van der Waals surface area contributed by atoms with E-state index in [4.69, 9.17) is 11.5 Å². The van der Waals surface area contributed by atoms with Gasteiger partial charge in [-0.3, -0.25) is 4.98 Å². The van der Waals surface area contributed by atoms with Crippen LogP contribution in [0.5, 0.6) is 5.75 Å². The fourth-order valence-electron chi connectivity index (χ4n) is 2.34. The zero-order valence-corrected chi connectivity index (χ0v) is 12.7. The molecular formula is C16H12F3N5O. The van der Waals surface area contributed by atoms with Crippen molar-refractivity contribution in [2.24, 2.45) is 0 Å². The van der Waals surface area contributed by atoms with Crippen molar-refractivity contribution in [1.29, 1.82) is 0 Å². The molecule has 128 valence electrons. The van der Waals surface area contributed by atoms with E-state index < -0.39 is 6.36 Å². The van der Waals surface area contributed by atoms with E-state index in [1.54, 1.807) is 30.6 Å². The fourth-order valence-corrected chi connectivity index (χ4v) is 2.34. The largest absolute Gasteiger partial charge is 0.573 e. The van der Waals surface area contributed by atoms with Crippen molar-refractivity contribution in [3.05, 3.63) is 48.8 Å². The van der Waals surface area contributed by atoms with Gasteiger partial charge in [0, 0.05) is 23.5 Å². The zero-order valence-electron chi connectivity index (χ0n) is 12.7. The number of benzene rings is 1. The second-order valence-electron chi connectivity index (χ2n) is 5.01. The molecule has 0 fully saturated rings. The summed E-state index contributed by atoms with van der Waals surface area (Å²) in [5, 5.41) is 0. The maximum Gasteiger partial charge on any atom is 0.573 e. The second kappa shape index (κ2) is 6.27. The molecule has 0 spiro atoms. The van der Waals surface area contributed by atoms with Gasteiger partial charge < -0.3 is 16.2 Å². The van der Waals surface area contributed by atoms with Crippen LogP contribution in [0.25, 0.3) is 22.4 Å². The Hall–Kier alpha value is -3.36. The van der Waals surface area contributed by atoms with Crippen LogP contribution < -0.4 is 16.2 Å². The average molecular weight is 347 g/mol. The minimum Gasteiger partial charge on any atom is -0.406 e. The molecule has 0 bridgehead atoms. The Kier molecular flexibility index (Phi) is 4.14. The molecule has 0 aliphatic rings. The lowest BCUT2D eigenvalue weighted by molar-refractivity contribution is -0.274. The van der Waals surface area contributed by atoms with Crippen LogP contribution in [-0.2, 0) is 0 Å². The molecule has 0 aliphatic heterocycles. The SMILES string of the molecule is Nc1nc(N)c(-c2cccnc2)c(-c2cccc(OC(F)(F)F)c2)n1. The first-order valence-corrected chi connectivity index (χ1v) is 7.03. The summed E-state index contributed by atoms with van der Waals surface area (Å²) in [6.45, 7) is 0. The molecule has 3 aromatic rings. The monoisotopic (exact) mass is 347 g/mol. The highest BCUT2D eigenvalue weighted by atomic mass is 19.4. The number of aromatic nitrogens is 3. The number of alkyl halides is 3. The van der Waals surface area contributed by atoms with Crippen LogP contribution in [0, 0.1) is 0 Å². The van der Waals surface area contributed by atoms with Gasteiger partial charge in [-0.2, -0.15) is 4.98 Å². The fraction of sp³-hybridized carbons (Fsp3) is 0.0625. The molecule has 4 N–H and O–H groups in total. The van der Waals surface area contributed by atoms with Crippen LogP contribution >= 0.6 is 0 Å². The lowest BCUT2D eigenvalue weighted by Gasteiger charge is -2.14. The number of pyridine rings is 1. The van der Waals surface area contributed by atoms with Crippen molar-refractivity contribution in [3.8, 4) is 28.1 Å². The molecule has 6 nitrogen and oxygen atoms in total. The Morgan fingerprint density at radius 3 is 2.40 bits per heavy atom. The van der Waals surface area contributed by atoms with Gasteiger partial charge in [-0.15, -0.1) is 13.2 Å². The van der Waals surface area contributed by atoms with Crippen LogP contribution in [0.4, 0.5) is 24.9 Å². The lowest BCUT2D eigenvalue weighted by atomic mass is 10.0. The van der Waals surface area contributed by atoms with E-state index in [0.717, 1.165) is 0 Å². The van der Waals surface area contributed by atoms with Crippen LogP contribution in [0.2, 0.25) is 0 Å². The molecular weight excluding hydrogens is 335 g/mol.